The Kier molecular flexibility index (Phi) is 3.18. The van der Waals surface area contributed by atoms with Gasteiger partial charge in [-0.2, -0.15) is 0 Å². The number of carbonyl (C=O) groups is 2. The average molecular weight is 249 g/mol. The number of hydrogen-bond acceptors (Lipinski definition) is 3. The Hall–Kier alpha value is -2.11. The van der Waals surface area contributed by atoms with Gasteiger partial charge in [0.25, 0.3) is 0 Å². The number of aromatic nitrogens is 1. The van der Waals surface area contributed by atoms with Gasteiger partial charge < -0.3 is 15.7 Å². The molecule has 3 N–H and O–H groups in total. The fourth-order valence-electron chi connectivity index (χ4n) is 1.63. The second-order valence-corrected chi connectivity index (χ2v) is 4.58. The number of carbonyl (C=O) groups excluding carboxylic acids is 1. The van der Waals surface area contributed by atoms with Crippen LogP contribution in [0.2, 0.25) is 0 Å². The Labute approximate surface area is 104 Å². The van der Waals surface area contributed by atoms with Crippen molar-refractivity contribution in [3.05, 3.63) is 24.0 Å². The maximum atomic E-state index is 11.6. The lowest BCUT2D eigenvalue weighted by Gasteiger charge is -2.12. The molecular weight excluding hydrogens is 234 g/mol. The Morgan fingerprint density at radius 1 is 1.50 bits per heavy atom. The van der Waals surface area contributed by atoms with Crippen LogP contribution in [0.3, 0.4) is 0 Å². The van der Waals surface area contributed by atoms with E-state index in [1.54, 1.807) is 18.5 Å². The first-order valence-corrected chi connectivity index (χ1v) is 5.72. The quantitative estimate of drug-likeness (QED) is 0.751. The molecule has 0 aromatic carbocycles. The van der Waals surface area contributed by atoms with Crippen molar-refractivity contribution < 1.29 is 14.7 Å². The van der Waals surface area contributed by atoms with E-state index >= 15 is 0 Å². The molecule has 0 atom stereocenters. The monoisotopic (exact) mass is 249 g/mol. The summed E-state index contributed by atoms with van der Waals surface area (Å²) in [6, 6.07) is 1.38. The number of hydrogen-bond donors (Lipinski definition) is 3. The lowest BCUT2D eigenvalue weighted by Crippen LogP contribution is -2.36. The van der Waals surface area contributed by atoms with Crippen LogP contribution in [0.25, 0.3) is 0 Å². The van der Waals surface area contributed by atoms with Gasteiger partial charge in [-0.25, -0.2) is 4.79 Å². The van der Waals surface area contributed by atoms with Crippen LogP contribution < -0.4 is 10.6 Å². The van der Waals surface area contributed by atoms with Crippen molar-refractivity contribution in [2.75, 3.05) is 11.9 Å². The van der Waals surface area contributed by atoms with E-state index < -0.39 is 17.4 Å². The highest BCUT2D eigenvalue weighted by Gasteiger charge is 2.50. The van der Waals surface area contributed by atoms with Crippen molar-refractivity contribution in [2.24, 2.45) is 5.41 Å². The minimum Gasteiger partial charge on any atom is -0.481 e. The van der Waals surface area contributed by atoms with E-state index in [0.717, 1.165) is 5.56 Å². The Balaban J connectivity index is 1.87. The Morgan fingerprint density at radius 2 is 2.22 bits per heavy atom. The number of urea groups is 1. The fourth-order valence-corrected chi connectivity index (χ4v) is 1.63. The van der Waals surface area contributed by atoms with Crippen molar-refractivity contribution in [3.8, 4) is 0 Å². The molecular formula is C12H15N3O3. The van der Waals surface area contributed by atoms with Crippen LogP contribution in [-0.4, -0.2) is 28.6 Å². The molecule has 1 aliphatic rings. The van der Waals surface area contributed by atoms with Crippen molar-refractivity contribution in [1.82, 2.24) is 10.3 Å². The van der Waals surface area contributed by atoms with E-state index in [-0.39, 0.29) is 6.54 Å². The Bertz CT molecular complexity index is 483. The maximum Gasteiger partial charge on any atom is 0.319 e. The molecule has 1 aromatic rings. The van der Waals surface area contributed by atoms with E-state index in [4.69, 9.17) is 5.11 Å². The molecule has 0 aliphatic heterocycles. The third kappa shape index (κ3) is 2.58. The second-order valence-electron chi connectivity index (χ2n) is 4.58. The molecule has 0 saturated heterocycles. The van der Waals surface area contributed by atoms with Gasteiger partial charge in [0.15, 0.2) is 0 Å². The van der Waals surface area contributed by atoms with Crippen molar-refractivity contribution in [2.45, 2.75) is 19.8 Å². The number of rotatable bonds is 4. The normalized spacial score (nSPS) is 15.8. The van der Waals surface area contributed by atoms with E-state index in [1.165, 1.54) is 0 Å². The van der Waals surface area contributed by atoms with Crippen LogP contribution in [0.4, 0.5) is 10.5 Å². The minimum atomic E-state index is -0.847. The molecule has 0 bridgehead atoms. The molecule has 0 radical (unpaired) electrons. The molecule has 96 valence electrons. The number of aryl methyl sites for hydroxylation is 1. The molecule has 1 aromatic heterocycles. The summed E-state index contributed by atoms with van der Waals surface area (Å²) >= 11 is 0. The third-order valence-corrected chi connectivity index (χ3v) is 3.18. The molecule has 1 fully saturated rings. The van der Waals surface area contributed by atoms with Gasteiger partial charge in [0.05, 0.1) is 17.3 Å². The zero-order chi connectivity index (χ0) is 13.2. The largest absolute Gasteiger partial charge is 0.481 e. The van der Waals surface area contributed by atoms with Gasteiger partial charge >= 0.3 is 12.0 Å². The van der Waals surface area contributed by atoms with Crippen LogP contribution in [0.1, 0.15) is 18.4 Å². The summed E-state index contributed by atoms with van der Waals surface area (Å²) in [5, 5.41) is 14.2. The van der Waals surface area contributed by atoms with Crippen molar-refractivity contribution >= 4 is 17.7 Å². The molecule has 1 saturated carbocycles. The van der Waals surface area contributed by atoms with Gasteiger partial charge in [-0.15, -0.1) is 0 Å². The molecule has 2 amide bonds. The summed E-state index contributed by atoms with van der Waals surface area (Å²) in [5.41, 5.74) is 0.774. The van der Waals surface area contributed by atoms with Gasteiger partial charge in [0, 0.05) is 12.7 Å². The summed E-state index contributed by atoms with van der Waals surface area (Å²) in [6.07, 6.45) is 4.43. The third-order valence-electron chi connectivity index (χ3n) is 3.18. The highest BCUT2D eigenvalue weighted by atomic mass is 16.4. The molecule has 0 unspecified atom stereocenters. The van der Waals surface area contributed by atoms with Crippen LogP contribution in [0.15, 0.2) is 18.5 Å². The predicted octanol–water partition coefficient (Wildman–Crippen LogP) is 1.38. The molecule has 0 spiro atoms. The first-order valence-electron chi connectivity index (χ1n) is 5.72. The maximum absolute atomic E-state index is 11.6. The van der Waals surface area contributed by atoms with Crippen LogP contribution in [-0.2, 0) is 4.79 Å². The van der Waals surface area contributed by atoms with E-state index in [1.807, 2.05) is 6.92 Å². The number of carboxylic acids is 1. The lowest BCUT2D eigenvalue weighted by molar-refractivity contribution is -0.143. The summed E-state index contributed by atoms with van der Waals surface area (Å²) in [5.74, 6) is -0.847. The molecule has 1 heterocycles. The molecule has 6 nitrogen and oxygen atoms in total. The van der Waals surface area contributed by atoms with E-state index in [2.05, 4.69) is 15.6 Å². The number of nitrogens with zero attached hydrogens (tertiary/aromatic N) is 1. The Morgan fingerprint density at radius 3 is 2.78 bits per heavy atom. The average Bonchev–Trinajstić information content (AvgIpc) is 3.11. The summed E-state index contributed by atoms with van der Waals surface area (Å²) in [6.45, 7) is 2.02. The standard InChI is InChI=1S/C12H15N3O3/c1-8-2-5-13-6-9(8)15-11(18)14-7-12(3-4-12)10(16)17/h2,5-6H,3-4,7H2,1H3,(H,16,17)(H2,14,15,18). The number of nitrogens with one attached hydrogen (secondary N) is 2. The number of carboxylic acid groups (broad SMARTS) is 1. The molecule has 2 rings (SSSR count). The molecule has 18 heavy (non-hydrogen) atoms. The predicted molar refractivity (Wildman–Crippen MR) is 65.3 cm³/mol. The SMILES string of the molecule is Cc1ccncc1NC(=O)NCC1(C(=O)O)CC1. The lowest BCUT2D eigenvalue weighted by atomic mass is 10.1. The first kappa shape index (κ1) is 12.3. The van der Waals surface area contributed by atoms with E-state index in [0.29, 0.717) is 18.5 Å². The van der Waals surface area contributed by atoms with Crippen LogP contribution in [0.5, 0.6) is 0 Å². The number of pyridine rings is 1. The van der Waals surface area contributed by atoms with Crippen LogP contribution >= 0.6 is 0 Å². The van der Waals surface area contributed by atoms with Gasteiger partial charge in [0.2, 0.25) is 0 Å². The highest BCUT2D eigenvalue weighted by Crippen LogP contribution is 2.45. The fraction of sp³-hybridized carbons (Fsp3) is 0.417. The zero-order valence-electron chi connectivity index (χ0n) is 10.1. The summed E-state index contributed by atoms with van der Waals surface area (Å²) in [4.78, 5) is 26.5. The zero-order valence-corrected chi connectivity index (χ0v) is 10.1. The number of aliphatic carboxylic acids is 1. The smallest absolute Gasteiger partial charge is 0.319 e. The molecule has 1 aliphatic carbocycles. The molecule has 6 heteroatoms. The minimum absolute atomic E-state index is 0.160. The number of amides is 2. The van der Waals surface area contributed by atoms with E-state index in [9.17, 15) is 9.59 Å². The summed E-state index contributed by atoms with van der Waals surface area (Å²) in [7, 11) is 0. The van der Waals surface area contributed by atoms with Gasteiger partial charge in [-0.05, 0) is 31.4 Å². The van der Waals surface area contributed by atoms with Gasteiger partial charge in [-0.1, -0.05) is 0 Å². The van der Waals surface area contributed by atoms with Gasteiger partial charge in [0.1, 0.15) is 0 Å². The highest BCUT2D eigenvalue weighted by molar-refractivity contribution is 5.90. The van der Waals surface area contributed by atoms with Gasteiger partial charge in [-0.3, -0.25) is 9.78 Å². The topological polar surface area (TPSA) is 91.3 Å². The second kappa shape index (κ2) is 4.64. The van der Waals surface area contributed by atoms with Crippen molar-refractivity contribution in [1.29, 1.82) is 0 Å². The van der Waals surface area contributed by atoms with Crippen molar-refractivity contribution in [3.63, 3.8) is 0 Å². The number of anilines is 1. The summed E-state index contributed by atoms with van der Waals surface area (Å²) < 4.78 is 0. The van der Waals surface area contributed by atoms with Crippen LogP contribution in [0, 0.1) is 12.3 Å². The first-order chi connectivity index (χ1) is 8.53.